The topological polar surface area (TPSA) is 305 Å². The number of ketones is 1. The largest absolute Gasteiger partial charge is 0.461 e. The van der Waals surface area contributed by atoms with E-state index in [0.29, 0.717) is 0 Å². The van der Waals surface area contributed by atoms with Crippen molar-refractivity contribution in [2.75, 3.05) is 26.4 Å². The first kappa shape index (κ1) is 45.8. The van der Waals surface area contributed by atoms with E-state index < -0.39 is 157 Å². The number of carbonyl (C=O) groups excluding carboxylic acids is 3. The number of benzene rings is 2. The molecule has 21 heteroatoms. The minimum Gasteiger partial charge on any atom is -0.461 e. The van der Waals surface area contributed by atoms with Gasteiger partial charge >= 0.3 is 11.9 Å². The van der Waals surface area contributed by atoms with Crippen molar-refractivity contribution in [1.82, 2.24) is 0 Å². The molecule has 67 heavy (non-hydrogen) atoms. The summed E-state index contributed by atoms with van der Waals surface area (Å²) in [6.45, 7) is 1.08. The van der Waals surface area contributed by atoms with E-state index in [0.717, 1.165) is 0 Å². The molecule has 14 rings (SSSR count). The molecule has 21 atom stereocenters. The van der Waals surface area contributed by atoms with Crippen molar-refractivity contribution in [3.8, 4) is 0 Å². The molecule has 6 saturated heterocycles. The minimum atomic E-state index is -1.88. The summed E-state index contributed by atoms with van der Waals surface area (Å²) in [4.78, 5) is 40.7. The molecule has 6 heterocycles. The number of aliphatic hydroxyl groups excluding tert-OH is 7. The quantitative estimate of drug-likeness (QED) is 0.0967. The van der Waals surface area contributed by atoms with Gasteiger partial charge in [0.25, 0.3) is 0 Å². The molecule has 6 aliphatic carbocycles. The van der Waals surface area contributed by atoms with Crippen LogP contribution in [0.5, 0.6) is 0 Å². The molecule has 6 aliphatic heterocycles. The van der Waals surface area contributed by atoms with Crippen LogP contribution in [0.2, 0.25) is 0 Å². The second-order valence-corrected chi connectivity index (χ2v) is 20.1. The number of fused-ring (bicyclic) bond motifs is 1. The average Bonchev–Trinajstić information content (AvgIpc) is 3.55. The summed E-state index contributed by atoms with van der Waals surface area (Å²) >= 11 is 0. The molecule has 0 amide bonds. The predicted octanol–water partition coefficient (Wildman–Crippen LogP) is -1.83. The number of aliphatic hydroxyl groups is 8. The smallest absolute Gasteiger partial charge is 0.338 e. The highest BCUT2D eigenvalue weighted by molar-refractivity contribution is 5.91. The molecule has 12 aliphatic rings. The molecule has 2 aromatic carbocycles. The van der Waals surface area contributed by atoms with Crippen molar-refractivity contribution in [3.63, 3.8) is 0 Å². The van der Waals surface area contributed by atoms with Crippen molar-refractivity contribution < 1.29 is 103 Å². The first-order valence-electron chi connectivity index (χ1n) is 22.5. The molecule has 0 aromatic heterocycles. The monoisotopic (exact) mass is 942 g/mol. The molecule has 0 unspecified atom stereocenters. The second-order valence-electron chi connectivity index (χ2n) is 20.1. The van der Waals surface area contributed by atoms with Gasteiger partial charge in [0.15, 0.2) is 30.9 Å². The Morgan fingerprint density at radius 3 is 1.79 bits per heavy atom. The number of esters is 2. The van der Waals surface area contributed by atoms with Gasteiger partial charge in [-0.2, -0.15) is 0 Å². The zero-order valence-electron chi connectivity index (χ0n) is 36.4. The van der Waals surface area contributed by atoms with E-state index in [9.17, 15) is 55.2 Å². The van der Waals surface area contributed by atoms with Crippen LogP contribution in [0.4, 0.5) is 0 Å². The lowest BCUT2D eigenvalue weighted by Crippen LogP contribution is -2.81. The zero-order valence-corrected chi connectivity index (χ0v) is 36.4. The van der Waals surface area contributed by atoms with Gasteiger partial charge in [-0.1, -0.05) is 36.4 Å². The molecule has 0 radical (unpaired) electrons. The van der Waals surface area contributed by atoms with E-state index in [4.69, 9.17) is 47.4 Å². The third kappa shape index (κ3) is 5.96. The molecular weight excluding hydrogens is 888 g/mol. The molecule has 10 bridgehead atoms. The van der Waals surface area contributed by atoms with Gasteiger partial charge in [-0.05, 0) is 51.0 Å². The van der Waals surface area contributed by atoms with E-state index in [1.165, 1.54) is 12.1 Å². The van der Waals surface area contributed by atoms with E-state index in [-0.39, 0.29) is 49.2 Å². The Balaban J connectivity index is 0.874. The van der Waals surface area contributed by atoms with Gasteiger partial charge in [-0.15, -0.1) is 0 Å². The maximum absolute atomic E-state index is 13.9. The van der Waals surface area contributed by atoms with Gasteiger partial charge in [-0.25, -0.2) is 9.59 Å². The van der Waals surface area contributed by atoms with Gasteiger partial charge < -0.3 is 88.2 Å². The van der Waals surface area contributed by atoms with E-state index in [1.807, 2.05) is 0 Å². The number of hydrogen-bond donors (Lipinski definition) is 8. The van der Waals surface area contributed by atoms with Crippen LogP contribution in [0.25, 0.3) is 0 Å². The van der Waals surface area contributed by atoms with Crippen molar-refractivity contribution in [3.05, 3.63) is 71.8 Å². The maximum Gasteiger partial charge on any atom is 0.338 e. The van der Waals surface area contributed by atoms with E-state index in [2.05, 4.69) is 0 Å². The predicted molar refractivity (Wildman–Crippen MR) is 215 cm³/mol. The number of rotatable bonds is 14. The molecule has 12 fully saturated rings. The van der Waals surface area contributed by atoms with Gasteiger partial charge in [0, 0.05) is 24.7 Å². The van der Waals surface area contributed by atoms with E-state index >= 15 is 0 Å². The highest BCUT2D eigenvalue weighted by atomic mass is 16.8. The van der Waals surface area contributed by atoms with Crippen LogP contribution in [-0.4, -0.2) is 187 Å². The highest BCUT2D eigenvalue weighted by Crippen LogP contribution is 2.82. The van der Waals surface area contributed by atoms with Crippen LogP contribution in [0.15, 0.2) is 60.7 Å². The summed E-state index contributed by atoms with van der Waals surface area (Å²) < 4.78 is 62.6. The molecule has 364 valence electrons. The lowest BCUT2D eigenvalue weighted by atomic mass is 9.41. The number of carbonyl (C=O) groups is 3. The van der Waals surface area contributed by atoms with Gasteiger partial charge in [0.2, 0.25) is 0 Å². The lowest BCUT2D eigenvalue weighted by Gasteiger charge is -2.67. The van der Waals surface area contributed by atoms with Gasteiger partial charge in [0.05, 0.1) is 35.2 Å². The molecule has 8 N–H and O–H groups in total. The van der Waals surface area contributed by atoms with Gasteiger partial charge in [0.1, 0.15) is 90.2 Å². The van der Waals surface area contributed by atoms with Crippen LogP contribution < -0.4 is 0 Å². The highest BCUT2D eigenvalue weighted by Gasteiger charge is 2.95. The summed E-state index contributed by atoms with van der Waals surface area (Å²) in [7, 11) is 0. The summed E-state index contributed by atoms with van der Waals surface area (Å²) in [6.07, 6.45) is -19.9. The fraction of sp³-hybridized carbons (Fsp3) is 0.674. The summed E-state index contributed by atoms with van der Waals surface area (Å²) in [5.74, 6) is -4.88. The fourth-order valence-electron chi connectivity index (χ4n) is 13.3. The SMILES string of the molecule is C[C@]12CC(=O)[C@H]3C[C@]1(O[C@@H]1O[C@H](CO)[C@@H](O)[C@H](O)[C@H]1O)[C@]3(COC(=O)c1ccccc1)[C@@H](OC[C@H]1O[C@@H](O[C@@]34C[C@H]5[C@@]3(COC(=O)c3ccccc3)[C@H]3O[C@]5(O)C[C@]4(C)O3)[C@H](O)[C@@H](O)[C@@H]1O)O2. The molecule has 21 nitrogen and oxygen atoms in total. The maximum atomic E-state index is 13.9. The minimum absolute atomic E-state index is 0.0440. The van der Waals surface area contributed by atoms with Crippen molar-refractivity contribution in [1.29, 1.82) is 0 Å². The standard InChI is InChI=1S/C46H54O21/c1-40-14-24(48)23-13-45(40,63-36-32(53)30(51)28(49)25(16-47)61-36)42(23,19-59-34(55)21-9-5-3-6-10-21)38(65-40)58-17-26-29(50)31(52)33(54)37(62-26)64-46-15-27-43(46,20-60-35(56)22-11-7-4-8-12-22)39-66-41(46,2)18-44(27,57)67-39/h3-12,23,25-33,36-39,47,49-54,57H,13-20H2,1-2H3/t23-,25-,26-,27+,28-,29-,30+,31+,32-,33-,36+,37+,38+,39-,40+,41+,42+,43+,44-,45-,46-/m1/s1. The number of Topliss-reactive ketones (excluding diaryl/α,β-unsaturated/α-hetero) is 1. The fourth-order valence-corrected chi connectivity index (χ4v) is 13.3. The van der Waals surface area contributed by atoms with Crippen LogP contribution in [0.1, 0.15) is 60.2 Å². The molecule has 6 saturated carbocycles. The Labute approximate surface area is 382 Å². The third-order valence-corrected chi connectivity index (χ3v) is 16.8. The van der Waals surface area contributed by atoms with Crippen LogP contribution in [-0.2, 0) is 52.2 Å². The van der Waals surface area contributed by atoms with Crippen molar-refractivity contribution >= 4 is 17.7 Å². The summed E-state index contributed by atoms with van der Waals surface area (Å²) in [5, 5.41) is 88.2. The third-order valence-electron chi connectivity index (χ3n) is 16.8. The van der Waals surface area contributed by atoms with Crippen LogP contribution >= 0.6 is 0 Å². The Hall–Kier alpha value is -3.59. The van der Waals surface area contributed by atoms with Crippen LogP contribution in [0, 0.1) is 22.7 Å². The lowest BCUT2D eigenvalue weighted by molar-refractivity contribution is -0.425. The Morgan fingerprint density at radius 2 is 1.21 bits per heavy atom. The average molecular weight is 943 g/mol. The first-order chi connectivity index (χ1) is 31.8. The van der Waals surface area contributed by atoms with Crippen molar-refractivity contribution in [2.45, 2.75) is 142 Å². The van der Waals surface area contributed by atoms with Crippen molar-refractivity contribution in [2.24, 2.45) is 22.7 Å². The second kappa shape index (κ2) is 15.5. The summed E-state index contributed by atoms with van der Waals surface area (Å²) in [6, 6.07) is 16.3. The normalized spacial score (nSPS) is 50.7. The van der Waals surface area contributed by atoms with Crippen LogP contribution in [0.3, 0.4) is 0 Å². The number of ether oxygens (including phenoxy) is 10. The molecule has 2 aromatic rings. The Kier molecular flexibility index (Phi) is 10.6. The Morgan fingerprint density at radius 1 is 0.672 bits per heavy atom. The molecule has 0 spiro atoms. The zero-order chi connectivity index (χ0) is 47.3. The van der Waals surface area contributed by atoms with Gasteiger partial charge in [-0.3, -0.25) is 4.79 Å². The Bertz CT molecular complexity index is 2290. The number of hydrogen-bond acceptors (Lipinski definition) is 21. The van der Waals surface area contributed by atoms with E-state index in [1.54, 1.807) is 62.4 Å². The molecular formula is C46H54O21. The first-order valence-corrected chi connectivity index (χ1v) is 22.5. The summed E-state index contributed by atoms with van der Waals surface area (Å²) in [5.41, 5.74) is -8.42.